The Morgan fingerprint density at radius 2 is 1.16 bits per heavy atom. The maximum Gasteiger partial charge on any atom is 0.0754 e. The summed E-state index contributed by atoms with van der Waals surface area (Å²) in [6.07, 6.45) is 17.6. The van der Waals surface area contributed by atoms with Crippen molar-refractivity contribution in [1.82, 2.24) is 0 Å². The molecule has 2 aliphatic rings. The third kappa shape index (κ3) is 5.81. The van der Waals surface area contributed by atoms with Crippen LogP contribution in [-0.4, -0.2) is 4.21 Å². The molecule has 2 saturated carbocycles. The molecule has 1 unspecified atom stereocenters. The first kappa shape index (κ1) is 16.9. The summed E-state index contributed by atoms with van der Waals surface area (Å²) in [5, 5.41) is 0.867. The first-order valence-electron chi connectivity index (χ1n) is 5.73. The van der Waals surface area contributed by atoms with Gasteiger partial charge in [0.25, 0.3) is 0 Å². The molecule has 2 fully saturated rings. The summed E-state index contributed by atoms with van der Waals surface area (Å²) in [5.74, 6) is 0. The fourth-order valence-electron chi connectivity index (χ4n) is 1.48. The van der Waals surface area contributed by atoms with Gasteiger partial charge in [-0.15, -0.1) is 0 Å². The van der Waals surface area contributed by atoms with E-state index in [1.807, 2.05) is 88.1 Å². The van der Waals surface area contributed by atoms with Gasteiger partial charge in [-0.25, -0.2) is 0 Å². The molecule has 0 N–H and O–H groups in total. The number of benzene rings is 1. The van der Waals surface area contributed by atoms with Gasteiger partial charge in [-0.3, -0.25) is 4.21 Å². The van der Waals surface area contributed by atoms with Crippen molar-refractivity contribution in [2.45, 2.75) is 4.90 Å². The average molecular weight is 310 g/mol. The van der Waals surface area contributed by atoms with Crippen LogP contribution in [-0.2, 0) is 27.9 Å². The van der Waals surface area contributed by atoms with Crippen molar-refractivity contribution in [2.24, 2.45) is 0 Å². The van der Waals surface area contributed by atoms with Crippen LogP contribution in [0.25, 0.3) is 0 Å². The van der Waals surface area contributed by atoms with Crippen LogP contribution >= 0.6 is 0 Å². The van der Waals surface area contributed by atoms with E-state index < -0.39 is 10.8 Å². The fraction of sp³-hybridized carbons (Fsp3) is 0. The van der Waals surface area contributed by atoms with Gasteiger partial charge in [0.15, 0.2) is 0 Å². The predicted molar refractivity (Wildman–Crippen MR) is 74.8 cm³/mol. The van der Waals surface area contributed by atoms with Crippen LogP contribution in [0.3, 0.4) is 0 Å². The quantitative estimate of drug-likeness (QED) is 0.767. The van der Waals surface area contributed by atoms with Crippen LogP contribution in [0.4, 0.5) is 0 Å². The zero-order valence-corrected chi connectivity index (χ0v) is 12.2. The maximum absolute atomic E-state index is 11.8. The van der Waals surface area contributed by atoms with Gasteiger partial charge in [0.1, 0.15) is 0 Å². The van der Waals surface area contributed by atoms with Crippen LogP contribution in [0.2, 0.25) is 0 Å². The summed E-state index contributed by atoms with van der Waals surface area (Å²) in [4.78, 5) is 0.855. The number of hydrogen-bond donors (Lipinski definition) is 0. The minimum Gasteiger partial charge on any atom is -0.254 e. The molecule has 1 nitrogen and oxygen atoms in total. The largest absolute Gasteiger partial charge is 0.254 e. The van der Waals surface area contributed by atoms with Crippen molar-refractivity contribution in [3.05, 3.63) is 93.4 Å². The Labute approximate surface area is 130 Å². The van der Waals surface area contributed by atoms with E-state index in [2.05, 4.69) is 0 Å². The topological polar surface area (TPSA) is 17.1 Å². The summed E-state index contributed by atoms with van der Waals surface area (Å²) < 4.78 is 11.8. The van der Waals surface area contributed by atoms with E-state index in [9.17, 15) is 4.21 Å². The Morgan fingerprint density at radius 1 is 0.684 bits per heavy atom. The molecule has 0 aromatic heterocycles. The van der Waals surface area contributed by atoms with E-state index in [1.54, 1.807) is 0 Å². The van der Waals surface area contributed by atoms with Crippen LogP contribution < -0.4 is 0 Å². The molecular weight excluding hydrogens is 296 g/mol. The van der Waals surface area contributed by atoms with Crippen LogP contribution in [0.15, 0.2) is 35.2 Å². The van der Waals surface area contributed by atoms with Crippen molar-refractivity contribution in [1.29, 1.82) is 0 Å². The molecule has 0 heterocycles. The molecule has 1 atom stereocenters. The van der Waals surface area contributed by atoms with Gasteiger partial charge in [0, 0.05) is 22.0 Å². The SMILES string of the molecule is O=S([C]1[CH][CH][CH][CH]1)c1ccccc1.[CH]1[CH][CH][CH][CH]1.[Fe]. The van der Waals surface area contributed by atoms with Crippen molar-refractivity contribution in [2.75, 3.05) is 0 Å². The first-order valence-corrected chi connectivity index (χ1v) is 6.88. The van der Waals surface area contributed by atoms with E-state index in [1.165, 1.54) is 0 Å². The van der Waals surface area contributed by atoms with Crippen molar-refractivity contribution < 1.29 is 21.3 Å². The Hall–Kier alpha value is -0.111. The molecule has 0 aliphatic heterocycles. The maximum atomic E-state index is 11.8. The Kier molecular flexibility index (Phi) is 8.69. The molecule has 3 heteroatoms. The minimum absolute atomic E-state index is 0. The standard InChI is InChI=1S/C11H9OS.C5H5.Fe/c12-13(11-8-4-5-9-11)10-6-2-1-3-7-10;1-2-4-5-3-1;/h1-9H;1-5H;. The smallest absolute Gasteiger partial charge is 0.0754 e. The zero-order valence-electron chi connectivity index (χ0n) is 10.3. The third-order valence-electron chi connectivity index (χ3n) is 2.36. The van der Waals surface area contributed by atoms with Crippen molar-refractivity contribution in [3.8, 4) is 0 Å². The van der Waals surface area contributed by atoms with E-state index in [0.717, 1.165) is 10.1 Å². The van der Waals surface area contributed by atoms with Gasteiger partial charge in [-0.2, -0.15) is 0 Å². The van der Waals surface area contributed by atoms with Gasteiger partial charge in [-0.05, 0) is 69.9 Å². The number of hydrogen-bond acceptors (Lipinski definition) is 1. The summed E-state index contributed by atoms with van der Waals surface area (Å²) in [6, 6.07) is 9.48. The Morgan fingerprint density at radius 3 is 1.63 bits per heavy atom. The molecule has 3 rings (SSSR count). The average Bonchev–Trinajstić information content (AvgIpc) is 3.14. The number of rotatable bonds is 2. The van der Waals surface area contributed by atoms with E-state index in [0.29, 0.717) is 0 Å². The third-order valence-corrected chi connectivity index (χ3v) is 3.76. The van der Waals surface area contributed by atoms with Crippen molar-refractivity contribution in [3.63, 3.8) is 0 Å². The Balaban J connectivity index is 0.000000256. The molecule has 0 bridgehead atoms. The van der Waals surface area contributed by atoms with Gasteiger partial charge < -0.3 is 0 Å². The minimum atomic E-state index is -1.02. The molecule has 0 saturated heterocycles. The van der Waals surface area contributed by atoms with E-state index in [4.69, 9.17) is 0 Å². The second-order valence-corrected chi connectivity index (χ2v) is 5.14. The van der Waals surface area contributed by atoms with Crippen molar-refractivity contribution >= 4 is 10.8 Å². The summed E-state index contributed by atoms with van der Waals surface area (Å²) in [5.41, 5.74) is 0. The fourth-order valence-corrected chi connectivity index (χ4v) is 2.56. The second kappa shape index (κ2) is 9.74. The summed E-state index contributed by atoms with van der Waals surface area (Å²) >= 11 is 0. The first-order chi connectivity index (χ1) is 8.88. The summed E-state index contributed by atoms with van der Waals surface area (Å²) in [6.45, 7) is 0. The van der Waals surface area contributed by atoms with Gasteiger partial charge >= 0.3 is 0 Å². The second-order valence-electron chi connectivity index (χ2n) is 3.66. The molecule has 0 amide bonds. The molecule has 10 radical (unpaired) electrons. The van der Waals surface area contributed by atoms with E-state index >= 15 is 0 Å². The summed E-state index contributed by atoms with van der Waals surface area (Å²) in [7, 11) is -1.02. The van der Waals surface area contributed by atoms with Gasteiger partial charge in [0.05, 0.1) is 16.0 Å². The van der Waals surface area contributed by atoms with E-state index in [-0.39, 0.29) is 17.1 Å². The molecule has 1 aromatic carbocycles. The van der Waals surface area contributed by atoms with Crippen LogP contribution in [0.5, 0.6) is 0 Å². The zero-order chi connectivity index (χ0) is 12.6. The molecule has 2 aliphatic carbocycles. The van der Waals surface area contributed by atoms with Gasteiger partial charge in [-0.1, -0.05) is 18.2 Å². The molecule has 98 valence electrons. The molecular formula is C16H14FeOS. The monoisotopic (exact) mass is 310 g/mol. The molecule has 0 spiro atoms. The Bertz CT molecular complexity index is 349. The normalized spacial score (nSPS) is 20.2. The molecule has 1 aromatic rings. The van der Waals surface area contributed by atoms with Gasteiger partial charge in [0.2, 0.25) is 0 Å². The molecule has 19 heavy (non-hydrogen) atoms. The predicted octanol–water partition coefficient (Wildman–Crippen LogP) is 3.18. The van der Waals surface area contributed by atoms with Crippen LogP contribution in [0, 0.1) is 63.0 Å². The van der Waals surface area contributed by atoms with Crippen LogP contribution in [0.1, 0.15) is 0 Å².